The molecule has 0 saturated carbocycles. The number of benzene rings is 1. The molecule has 3 aromatic rings. The van der Waals surface area contributed by atoms with Gasteiger partial charge in [0.25, 0.3) is 11.7 Å². The number of carbonyl (C=O) groups excluding carboxylic acids is 2. The SMILES string of the molecule is Cc1ccc(NC(=O)COC(=O)C2CCN(c3ccc4nnc(C(F)(F)F)n4n3)CC2)cc1F. The zero-order chi connectivity index (χ0) is 24.5. The summed E-state index contributed by atoms with van der Waals surface area (Å²) in [5.74, 6) is -2.99. The summed E-state index contributed by atoms with van der Waals surface area (Å²) in [6.07, 6.45) is -3.95. The van der Waals surface area contributed by atoms with Crippen LogP contribution in [0.3, 0.4) is 0 Å². The van der Waals surface area contributed by atoms with Crippen LogP contribution in [0.1, 0.15) is 24.2 Å². The Kier molecular flexibility index (Phi) is 6.35. The molecule has 0 bridgehead atoms. The van der Waals surface area contributed by atoms with E-state index in [1.807, 2.05) is 0 Å². The van der Waals surface area contributed by atoms with E-state index in [0.717, 1.165) is 0 Å². The molecule has 1 saturated heterocycles. The molecule has 2 aromatic heterocycles. The van der Waals surface area contributed by atoms with Crippen LogP contribution in [0.15, 0.2) is 30.3 Å². The van der Waals surface area contributed by atoms with Gasteiger partial charge in [-0.2, -0.15) is 17.7 Å². The Hall–Kier alpha value is -3.77. The van der Waals surface area contributed by atoms with Gasteiger partial charge in [0, 0.05) is 18.8 Å². The first-order valence-corrected chi connectivity index (χ1v) is 10.4. The van der Waals surface area contributed by atoms with Crippen molar-refractivity contribution in [3.63, 3.8) is 0 Å². The number of nitrogens with zero attached hydrogens (tertiary/aromatic N) is 5. The van der Waals surface area contributed by atoms with Crippen LogP contribution in [-0.4, -0.2) is 51.4 Å². The fraction of sp³-hybridized carbons (Fsp3) is 0.381. The minimum Gasteiger partial charge on any atom is -0.455 e. The summed E-state index contributed by atoms with van der Waals surface area (Å²) < 4.78 is 58.5. The van der Waals surface area contributed by atoms with Crippen LogP contribution in [-0.2, 0) is 20.5 Å². The number of anilines is 2. The molecule has 1 fully saturated rings. The summed E-state index contributed by atoms with van der Waals surface area (Å²) in [7, 11) is 0. The number of halogens is 4. The van der Waals surface area contributed by atoms with Crippen molar-refractivity contribution in [2.75, 3.05) is 29.9 Å². The van der Waals surface area contributed by atoms with Crippen LogP contribution in [0.2, 0.25) is 0 Å². The molecule has 1 aliphatic rings. The first kappa shape index (κ1) is 23.4. The van der Waals surface area contributed by atoms with Gasteiger partial charge < -0.3 is 15.0 Å². The Morgan fingerprint density at radius 3 is 2.56 bits per heavy atom. The largest absolute Gasteiger partial charge is 0.455 e. The summed E-state index contributed by atoms with van der Waals surface area (Å²) in [5, 5.41) is 13.1. The summed E-state index contributed by atoms with van der Waals surface area (Å²) in [6.45, 7) is 1.80. The van der Waals surface area contributed by atoms with Crippen LogP contribution < -0.4 is 10.2 Å². The lowest BCUT2D eigenvalue weighted by Gasteiger charge is -2.31. The maximum absolute atomic E-state index is 13.6. The van der Waals surface area contributed by atoms with Crippen LogP contribution in [0, 0.1) is 18.7 Å². The summed E-state index contributed by atoms with van der Waals surface area (Å²) in [4.78, 5) is 26.1. The van der Waals surface area contributed by atoms with E-state index in [4.69, 9.17) is 4.74 Å². The normalized spacial score (nSPS) is 14.9. The summed E-state index contributed by atoms with van der Waals surface area (Å²) in [5.41, 5.74) is 0.665. The second-order valence-corrected chi connectivity index (χ2v) is 7.86. The molecule has 180 valence electrons. The zero-order valence-electron chi connectivity index (χ0n) is 18.0. The number of nitrogens with one attached hydrogen (secondary N) is 1. The lowest BCUT2D eigenvalue weighted by Crippen LogP contribution is -2.38. The molecule has 1 N–H and O–H groups in total. The minimum atomic E-state index is -4.69. The highest BCUT2D eigenvalue weighted by Gasteiger charge is 2.38. The number of ether oxygens (including phenoxy) is 1. The number of amides is 1. The third-order valence-corrected chi connectivity index (χ3v) is 5.46. The maximum Gasteiger partial charge on any atom is 0.453 e. The topological polar surface area (TPSA) is 102 Å². The lowest BCUT2D eigenvalue weighted by molar-refractivity contribution is -0.152. The fourth-order valence-electron chi connectivity index (χ4n) is 3.59. The molecule has 0 unspecified atom stereocenters. The Labute approximate surface area is 190 Å². The molecule has 0 radical (unpaired) electrons. The van der Waals surface area contributed by atoms with Crippen molar-refractivity contribution >= 4 is 29.0 Å². The summed E-state index contributed by atoms with van der Waals surface area (Å²) in [6, 6.07) is 7.17. The molecule has 34 heavy (non-hydrogen) atoms. The quantitative estimate of drug-likeness (QED) is 0.443. The molecular formula is C21H20F4N6O3. The van der Waals surface area contributed by atoms with E-state index in [-0.39, 0.29) is 11.3 Å². The standard InChI is InChI=1S/C21H20F4N6O3/c1-12-2-3-14(10-15(12)22)26-18(32)11-34-19(33)13-6-8-30(9-7-13)17-5-4-16-27-28-20(21(23,24)25)31(16)29-17/h2-5,10,13H,6-9,11H2,1H3,(H,26,32). The predicted octanol–water partition coefficient (Wildman–Crippen LogP) is 2.99. The second-order valence-electron chi connectivity index (χ2n) is 7.86. The molecular weight excluding hydrogens is 460 g/mol. The second kappa shape index (κ2) is 9.23. The number of esters is 1. The van der Waals surface area contributed by atoms with Gasteiger partial charge >= 0.3 is 12.1 Å². The van der Waals surface area contributed by atoms with Gasteiger partial charge in [-0.25, -0.2) is 4.39 Å². The molecule has 0 atom stereocenters. The van der Waals surface area contributed by atoms with E-state index in [9.17, 15) is 27.2 Å². The number of hydrogen-bond donors (Lipinski definition) is 1. The molecule has 9 nitrogen and oxygen atoms in total. The van der Waals surface area contributed by atoms with Crippen LogP contribution in [0.25, 0.3) is 5.65 Å². The lowest BCUT2D eigenvalue weighted by atomic mass is 9.97. The Balaban J connectivity index is 1.30. The highest BCUT2D eigenvalue weighted by molar-refractivity contribution is 5.92. The van der Waals surface area contributed by atoms with Crippen molar-refractivity contribution in [3.05, 3.63) is 47.5 Å². The van der Waals surface area contributed by atoms with Crippen molar-refractivity contribution in [1.29, 1.82) is 0 Å². The van der Waals surface area contributed by atoms with Crippen molar-refractivity contribution in [3.8, 4) is 0 Å². The molecule has 1 aromatic carbocycles. The Morgan fingerprint density at radius 1 is 1.15 bits per heavy atom. The van der Waals surface area contributed by atoms with E-state index in [2.05, 4.69) is 20.6 Å². The monoisotopic (exact) mass is 480 g/mol. The molecule has 3 heterocycles. The van der Waals surface area contributed by atoms with Gasteiger partial charge in [0.15, 0.2) is 12.3 Å². The van der Waals surface area contributed by atoms with E-state index in [1.165, 1.54) is 24.3 Å². The number of hydrogen-bond acceptors (Lipinski definition) is 7. The van der Waals surface area contributed by atoms with E-state index in [1.54, 1.807) is 17.9 Å². The summed E-state index contributed by atoms with van der Waals surface area (Å²) >= 11 is 0. The molecule has 0 aliphatic carbocycles. The number of aromatic nitrogens is 4. The van der Waals surface area contributed by atoms with E-state index < -0.39 is 42.2 Å². The smallest absolute Gasteiger partial charge is 0.453 e. The highest BCUT2D eigenvalue weighted by Crippen LogP contribution is 2.29. The predicted molar refractivity (Wildman–Crippen MR) is 111 cm³/mol. The van der Waals surface area contributed by atoms with Crippen LogP contribution in [0.4, 0.5) is 29.1 Å². The third-order valence-electron chi connectivity index (χ3n) is 5.46. The number of carbonyl (C=O) groups is 2. The average molecular weight is 480 g/mol. The number of alkyl halides is 3. The van der Waals surface area contributed by atoms with Gasteiger partial charge in [-0.05, 0) is 49.6 Å². The molecule has 0 spiro atoms. The number of fused-ring (bicyclic) bond motifs is 1. The van der Waals surface area contributed by atoms with Crippen molar-refractivity contribution < 1.29 is 31.9 Å². The Morgan fingerprint density at radius 2 is 1.88 bits per heavy atom. The van der Waals surface area contributed by atoms with Crippen LogP contribution in [0.5, 0.6) is 0 Å². The van der Waals surface area contributed by atoms with Gasteiger partial charge in [0.1, 0.15) is 11.6 Å². The average Bonchev–Trinajstić information content (AvgIpc) is 3.24. The molecule has 13 heteroatoms. The molecule has 1 amide bonds. The third kappa shape index (κ3) is 5.07. The van der Waals surface area contributed by atoms with Gasteiger partial charge in [-0.15, -0.1) is 15.3 Å². The van der Waals surface area contributed by atoms with Crippen molar-refractivity contribution in [2.24, 2.45) is 5.92 Å². The van der Waals surface area contributed by atoms with Gasteiger partial charge in [-0.1, -0.05) is 6.07 Å². The zero-order valence-corrected chi connectivity index (χ0v) is 18.0. The van der Waals surface area contributed by atoms with E-state index >= 15 is 0 Å². The number of piperidine rings is 1. The maximum atomic E-state index is 13.6. The number of rotatable bonds is 5. The van der Waals surface area contributed by atoms with Gasteiger partial charge in [0.2, 0.25) is 0 Å². The first-order chi connectivity index (χ1) is 16.1. The highest BCUT2D eigenvalue weighted by atomic mass is 19.4. The molecule has 4 rings (SSSR count). The van der Waals surface area contributed by atoms with Crippen LogP contribution >= 0.6 is 0 Å². The van der Waals surface area contributed by atoms with Gasteiger partial charge in [0.05, 0.1) is 5.92 Å². The Bertz CT molecular complexity index is 1220. The fourth-order valence-corrected chi connectivity index (χ4v) is 3.59. The molecule has 1 aliphatic heterocycles. The van der Waals surface area contributed by atoms with Crippen molar-refractivity contribution in [2.45, 2.75) is 25.9 Å². The van der Waals surface area contributed by atoms with E-state index in [0.29, 0.717) is 41.8 Å². The first-order valence-electron chi connectivity index (χ1n) is 10.4. The van der Waals surface area contributed by atoms with Gasteiger partial charge in [-0.3, -0.25) is 9.59 Å². The van der Waals surface area contributed by atoms with Crippen molar-refractivity contribution in [1.82, 2.24) is 19.8 Å². The number of aryl methyl sites for hydroxylation is 1. The minimum absolute atomic E-state index is 0.0267.